The average Bonchev–Trinajstić information content (AvgIpc) is 2.73. The second-order valence-electron chi connectivity index (χ2n) is 9.58. The molecule has 0 bridgehead atoms. The predicted molar refractivity (Wildman–Crippen MR) is 124 cm³/mol. The van der Waals surface area contributed by atoms with E-state index in [-0.39, 0.29) is 41.3 Å². The molecule has 0 aromatic rings. The van der Waals surface area contributed by atoms with Crippen molar-refractivity contribution in [1.82, 2.24) is 15.1 Å². The maximum atomic E-state index is 13.4. The van der Waals surface area contributed by atoms with E-state index in [1.165, 1.54) is 6.92 Å². The largest absolute Gasteiger partial charge is 0.478 e. The van der Waals surface area contributed by atoms with Crippen molar-refractivity contribution in [3.63, 3.8) is 0 Å². The van der Waals surface area contributed by atoms with Crippen LogP contribution in [0.25, 0.3) is 0 Å². The molecular formula is C24H43N3O4. The number of carboxylic acid groups (broad SMARTS) is 1. The lowest BCUT2D eigenvalue weighted by molar-refractivity contribution is -0.140. The van der Waals surface area contributed by atoms with Crippen LogP contribution >= 0.6 is 0 Å². The van der Waals surface area contributed by atoms with Crippen LogP contribution in [0.4, 0.5) is 0 Å². The third kappa shape index (κ3) is 7.34. The number of carboxylic acids is 1. The summed E-state index contributed by atoms with van der Waals surface area (Å²) in [7, 11) is 1.69. The molecule has 1 fully saturated rings. The summed E-state index contributed by atoms with van der Waals surface area (Å²) in [6.45, 7) is 14.5. The molecule has 1 heterocycles. The van der Waals surface area contributed by atoms with Crippen LogP contribution in [0.15, 0.2) is 11.6 Å². The Labute approximate surface area is 188 Å². The molecule has 0 radical (unpaired) electrons. The number of aliphatic carboxylic acids is 1. The topological polar surface area (TPSA) is 90.0 Å². The summed E-state index contributed by atoms with van der Waals surface area (Å²) in [5.74, 6) is -1.33. The molecule has 2 N–H and O–H groups in total. The maximum Gasteiger partial charge on any atom is 0.331 e. The fourth-order valence-electron chi connectivity index (χ4n) is 4.21. The molecule has 0 aliphatic carbocycles. The molecule has 2 amide bonds. The van der Waals surface area contributed by atoms with Gasteiger partial charge in [-0.2, -0.15) is 0 Å². The van der Waals surface area contributed by atoms with E-state index in [2.05, 4.69) is 24.1 Å². The van der Waals surface area contributed by atoms with Crippen molar-refractivity contribution in [2.45, 2.75) is 98.3 Å². The van der Waals surface area contributed by atoms with E-state index in [9.17, 15) is 19.5 Å². The fourth-order valence-corrected chi connectivity index (χ4v) is 4.21. The van der Waals surface area contributed by atoms with Crippen LogP contribution in [0, 0.1) is 11.8 Å². The number of hydrogen-bond acceptors (Lipinski definition) is 4. The predicted octanol–water partition coefficient (Wildman–Crippen LogP) is 3.29. The number of amides is 2. The van der Waals surface area contributed by atoms with Gasteiger partial charge in [0.25, 0.3) is 0 Å². The first-order chi connectivity index (χ1) is 14.4. The number of rotatable bonds is 10. The molecule has 4 atom stereocenters. The molecule has 1 saturated heterocycles. The summed E-state index contributed by atoms with van der Waals surface area (Å²) in [6.07, 6.45) is 5.51. The number of nitrogens with one attached hydrogen (secondary N) is 1. The van der Waals surface area contributed by atoms with Crippen molar-refractivity contribution in [3.05, 3.63) is 11.6 Å². The van der Waals surface area contributed by atoms with Gasteiger partial charge in [-0.1, -0.05) is 47.1 Å². The van der Waals surface area contributed by atoms with E-state index < -0.39 is 12.0 Å². The van der Waals surface area contributed by atoms with Gasteiger partial charge < -0.3 is 15.3 Å². The molecule has 1 aliphatic heterocycles. The Hall–Kier alpha value is -1.89. The highest BCUT2D eigenvalue weighted by atomic mass is 16.4. The number of carbonyl (C=O) groups is 3. The highest BCUT2D eigenvalue weighted by Gasteiger charge is 2.36. The van der Waals surface area contributed by atoms with Crippen molar-refractivity contribution in [2.75, 3.05) is 13.6 Å². The van der Waals surface area contributed by atoms with E-state index in [1.807, 2.05) is 27.7 Å². The van der Waals surface area contributed by atoms with E-state index in [0.717, 1.165) is 32.2 Å². The molecule has 0 spiro atoms. The normalized spacial score (nSPS) is 21.0. The third-order valence-electron chi connectivity index (χ3n) is 6.47. The molecular weight excluding hydrogens is 394 g/mol. The number of likely N-dealkylation sites (tertiary alicyclic amines) is 1. The van der Waals surface area contributed by atoms with Crippen LogP contribution in [0.1, 0.15) is 74.1 Å². The SMILES string of the molecule is CCC(C)N1CCCCC1C(=O)N[C@H](C(=O)N(C)[C@H](/C=C(\C)C(=O)O)C(C)C)C(C)C. The van der Waals surface area contributed by atoms with Crippen LogP contribution in [0.2, 0.25) is 0 Å². The molecule has 1 aliphatic rings. The van der Waals surface area contributed by atoms with E-state index in [4.69, 9.17) is 0 Å². The standard InChI is InChI=1S/C24H43N3O4/c1-9-18(7)27-13-11-10-12-19(27)22(28)25-21(16(4)5)23(29)26(8)20(15(2)3)14-17(6)24(30)31/h14-16,18-21H,9-13H2,1-8H3,(H,25,28)(H,30,31)/b17-14+/t18?,19?,20-,21+/m1/s1. The fraction of sp³-hybridized carbons (Fsp3) is 0.792. The lowest BCUT2D eigenvalue weighted by Gasteiger charge is -2.40. The Kier molecular flexibility index (Phi) is 10.7. The van der Waals surface area contributed by atoms with Gasteiger partial charge in [-0.25, -0.2) is 4.79 Å². The van der Waals surface area contributed by atoms with Gasteiger partial charge in [0.05, 0.1) is 12.1 Å². The van der Waals surface area contributed by atoms with Gasteiger partial charge in [-0.15, -0.1) is 0 Å². The van der Waals surface area contributed by atoms with E-state index >= 15 is 0 Å². The Morgan fingerprint density at radius 3 is 2.23 bits per heavy atom. The highest BCUT2D eigenvalue weighted by molar-refractivity contribution is 5.90. The molecule has 2 unspecified atom stereocenters. The molecule has 1 rings (SSSR count). The van der Waals surface area contributed by atoms with Crippen molar-refractivity contribution < 1.29 is 19.5 Å². The second-order valence-corrected chi connectivity index (χ2v) is 9.58. The molecule has 178 valence electrons. The number of carbonyl (C=O) groups excluding carboxylic acids is 2. The third-order valence-corrected chi connectivity index (χ3v) is 6.47. The Morgan fingerprint density at radius 2 is 1.74 bits per heavy atom. The minimum atomic E-state index is -0.998. The van der Waals surface area contributed by atoms with Gasteiger partial charge in [0.2, 0.25) is 11.8 Å². The Bertz CT molecular complexity index is 659. The molecule has 7 nitrogen and oxygen atoms in total. The smallest absolute Gasteiger partial charge is 0.331 e. The second kappa shape index (κ2) is 12.2. The molecule has 0 aromatic carbocycles. The van der Waals surface area contributed by atoms with Crippen LogP contribution in [-0.4, -0.2) is 70.4 Å². The van der Waals surface area contributed by atoms with Crippen LogP contribution in [0.5, 0.6) is 0 Å². The monoisotopic (exact) mass is 437 g/mol. The van der Waals surface area contributed by atoms with Gasteiger partial charge in [0, 0.05) is 18.7 Å². The van der Waals surface area contributed by atoms with Crippen molar-refractivity contribution >= 4 is 17.8 Å². The molecule has 31 heavy (non-hydrogen) atoms. The molecule has 0 saturated carbocycles. The van der Waals surface area contributed by atoms with Crippen LogP contribution < -0.4 is 5.32 Å². The summed E-state index contributed by atoms with van der Waals surface area (Å²) in [5, 5.41) is 12.3. The van der Waals surface area contributed by atoms with Gasteiger partial charge in [0.15, 0.2) is 0 Å². The summed E-state index contributed by atoms with van der Waals surface area (Å²) < 4.78 is 0. The minimum absolute atomic E-state index is 0.0333. The summed E-state index contributed by atoms with van der Waals surface area (Å²) in [4.78, 5) is 41.8. The molecule has 0 aromatic heterocycles. The zero-order valence-corrected chi connectivity index (χ0v) is 20.6. The Balaban J connectivity index is 3.06. The van der Waals surface area contributed by atoms with Crippen molar-refractivity contribution in [2.24, 2.45) is 11.8 Å². The molecule has 7 heteroatoms. The van der Waals surface area contributed by atoms with Crippen molar-refractivity contribution in [3.8, 4) is 0 Å². The number of nitrogens with zero attached hydrogens (tertiary/aromatic N) is 2. The summed E-state index contributed by atoms with van der Waals surface area (Å²) >= 11 is 0. The lowest BCUT2D eigenvalue weighted by atomic mass is 9.95. The number of piperidine rings is 1. The van der Waals surface area contributed by atoms with Crippen LogP contribution in [-0.2, 0) is 14.4 Å². The first-order valence-corrected chi connectivity index (χ1v) is 11.7. The number of likely N-dealkylation sites (N-methyl/N-ethyl adjacent to an activating group) is 1. The average molecular weight is 438 g/mol. The van der Waals surface area contributed by atoms with Crippen LogP contribution in [0.3, 0.4) is 0 Å². The Morgan fingerprint density at radius 1 is 1.13 bits per heavy atom. The zero-order chi connectivity index (χ0) is 23.9. The minimum Gasteiger partial charge on any atom is -0.478 e. The zero-order valence-electron chi connectivity index (χ0n) is 20.6. The lowest BCUT2D eigenvalue weighted by Crippen LogP contribution is -2.59. The van der Waals surface area contributed by atoms with E-state index in [1.54, 1.807) is 18.0 Å². The maximum absolute atomic E-state index is 13.4. The first kappa shape index (κ1) is 27.1. The first-order valence-electron chi connectivity index (χ1n) is 11.7. The van der Waals surface area contributed by atoms with Gasteiger partial charge >= 0.3 is 5.97 Å². The van der Waals surface area contributed by atoms with Gasteiger partial charge in [-0.3, -0.25) is 14.5 Å². The summed E-state index contributed by atoms with van der Waals surface area (Å²) in [5.41, 5.74) is 0.204. The van der Waals surface area contributed by atoms with Crippen molar-refractivity contribution in [1.29, 1.82) is 0 Å². The summed E-state index contributed by atoms with van der Waals surface area (Å²) in [6, 6.07) is -0.912. The quantitative estimate of drug-likeness (QED) is 0.512. The van der Waals surface area contributed by atoms with Gasteiger partial charge in [0.1, 0.15) is 6.04 Å². The highest BCUT2D eigenvalue weighted by Crippen LogP contribution is 2.22. The van der Waals surface area contributed by atoms with E-state index in [0.29, 0.717) is 6.04 Å². The van der Waals surface area contributed by atoms with Gasteiger partial charge in [-0.05, 0) is 51.5 Å². The number of hydrogen-bond donors (Lipinski definition) is 2.